The topological polar surface area (TPSA) is 42.0 Å². The highest BCUT2D eigenvalue weighted by Gasteiger charge is 2.14. The Bertz CT molecular complexity index is 522. The van der Waals surface area contributed by atoms with E-state index in [1.165, 1.54) is 0 Å². The zero-order chi connectivity index (χ0) is 13.0. The largest absolute Gasteiger partial charge is 0.345 e. The highest BCUT2D eigenvalue weighted by Crippen LogP contribution is 2.19. The van der Waals surface area contributed by atoms with Crippen molar-refractivity contribution in [1.29, 1.82) is 0 Å². The van der Waals surface area contributed by atoms with E-state index in [4.69, 9.17) is 0 Å². The summed E-state index contributed by atoms with van der Waals surface area (Å²) in [7, 11) is 0. The number of aryl methyl sites for hydroxylation is 1. The fraction of sp³-hybridized carbons (Fsp3) is 0.286. The molecule has 4 heteroatoms. The van der Waals surface area contributed by atoms with Crippen LogP contribution in [0.1, 0.15) is 40.7 Å². The maximum atomic E-state index is 12.2. The Balaban J connectivity index is 2.12. The maximum Gasteiger partial charge on any atom is 0.252 e. The number of aromatic nitrogens is 1. The molecule has 0 aliphatic carbocycles. The van der Waals surface area contributed by atoms with Crippen molar-refractivity contribution in [3.05, 3.63) is 52.0 Å². The minimum Gasteiger partial charge on any atom is -0.345 e. The van der Waals surface area contributed by atoms with Crippen LogP contribution in [0.3, 0.4) is 0 Å². The summed E-state index contributed by atoms with van der Waals surface area (Å²) in [5.41, 5.74) is 1.70. The molecule has 0 spiro atoms. The molecule has 2 aromatic rings. The fourth-order valence-corrected chi connectivity index (χ4v) is 2.55. The van der Waals surface area contributed by atoms with E-state index in [-0.39, 0.29) is 11.9 Å². The van der Waals surface area contributed by atoms with Gasteiger partial charge in [-0.1, -0.05) is 13.0 Å². The fourth-order valence-electron chi connectivity index (χ4n) is 1.81. The molecular formula is C14H16N2OS. The van der Waals surface area contributed by atoms with Gasteiger partial charge in [0, 0.05) is 22.8 Å². The van der Waals surface area contributed by atoms with Crippen LogP contribution in [0.15, 0.2) is 36.0 Å². The van der Waals surface area contributed by atoms with Crippen LogP contribution >= 0.6 is 11.3 Å². The lowest BCUT2D eigenvalue weighted by molar-refractivity contribution is 0.0939. The van der Waals surface area contributed by atoms with Crippen molar-refractivity contribution in [2.24, 2.45) is 0 Å². The summed E-state index contributed by atoms with van der Waals surface area (Å²) in [6.07, 6.45) is 4.22. The first kappa shape index (κ1) is 12.8. The summed E-state index contributed by atoms with van der Waals surface area (Å²) < 4.78 is 0. The number of nitrogens with one attached hydrogen (secondary N) is 1. The summed E-state index contributed by atoms with van der Waals surface area (Å²) in [5, 5.41) is 5.03. The van der Waals surface area contributed by atoms with Gasteiger partial charge in [-0.2, -0.15) is 0 Å². The molecule has 0 saturated carbocycles. The smallest absolute Gasteiger partial charge is 0.252 e. The number of rotatable bonds is 4. The quantitative estimate of drug-likeness (QED) is 0.917. The minimum atomic E-state index is -0.0323. The van der Waals surface area contributed by atoms with Crippen LogP contribution in [-0.4, -0.2) is 10.9 Å². The van der Waals surface area contributed by atoms with Gasteiger partial charge in [0.15, 0.2) is 0 Å². The molecule has 0 aliphatic heterocycles. The molecule has 0 saturated heterocycles. The molecule has 0 aromatic carbocycles. The van der Waals surface area contributed by atoms with E-state index in [0.29, 0.717) is 0 Å². The van der Waals surface area contributed by atoms with Gasteiger partial charge >= 0.3 is 0 Å². The summed E-state index contributed by atoms with van der Waals surface area (Å²) >= 11 is 1.65. The van der Waals surface area contributed by atoms with Gasteiger partial charge in [0.05, 0.1) is 6.04 Å². The molecule has 0 fully saturated rings. The Kier molecular flexibility index (Phi) is 4.10. The number of hydrogen-bond acceptors (Lipinski definition) is 3. The Morgan fingerprint density at radius 3 is 3.00 bits per heavy atom. The first-order valence-corrected chi connectivity index (χ1v) is 6.87. The number of pyridine rings is 1. The van der Waals surface area contributed by atoms with Crippen molar-refractivity contribution >= 4 is 17.2 Å². The standard InChI is InChI=1S/C14H16N2OS/c1-3-11-9-15-7-6-12(11)14(17)16-10(2)13-5-4-8-18-13/h4-10H,3H2,1-2H3,(H,16,17)/t10-/m1/s1. The van der Waals surface area contributed by atoms with E-state index in [9.17, 15) is 4.79 Å². The predicted octanol–water partition coefficient (Wildman–Crippen LogP) is 3.20. The molecule has 3 nitrogen and oxygen atoms in total. The molecule has 1 atom stereocenters. The summed E-state index contributed by atoms with van der Waals surface area (Å²) in [6.45, 7) is 4.02. The Hall–Kier alpha value is -1.68. The average Bonchev–Trinajstić information content (AvgIpc) is 2.92. The van der Waals surface area contributed by atoms with E-state index < -0.39 is 0 Å². The molecule has 0 aliphatic rings. The highest BCUT2D eigenvalue weighted by molar-refractivity contribution is 7.10. The number of carbonyl (C=O) groups excluding carboxylic acids is 1. The molecular weight excluding hydrogens is 244 g/mol. The monoisotopic (exact) mass is 260 g/mol. The molecule has 2 rings (SSSR count). The van der Waals surface area contributed by atoms with Crippen LogP contribution < -0.4 is 5.32 Å². The van der Waals surface area contributed by atoms with Gasteiger partial charge in [0.25, 0.3) is 5.91 Å². The van der Waals surface area contributed by atoms with Crippen molar-refractivity contribution < 1.29 is 4.79 Å². The third-order valence-corrected chi connectivity index (χ3v) is 3.90. The second kappa shape index (κ2) is 5.78. The zero-order valence-corrected chi connectivity index (χ0v) is 11.3. The third-order valence-electron chi connectivity index (χ3n) is 2.85. The van der Waals surface area contributed by atoms with Crippen molar-refractivity contribution in [1.82, 2.24) is 10.3 Å². The van der Waals surface area contributed by atoms with E-state index in [2.05, 4.69) is 10.3 Å². The number of nitrogens with zero attached hydrogens (tertiary/aromatic N) is 1. The Labute approximate surface area is 111 Å². The normalized spacial score (nSPS) is 12.1. The summed E-state index contributed by atoms with van der Waals surface area (Å²) in [6, 6.07) is 5.83. The molecule has 2 aromatic heterocycles. The van der Waals surface area contributed by atoms with Crippen LogP contribution in [0.25, 0.3) is 0 Å². The summed E-state index contributed by atoms with van der Waals surface area (Å²) in [4.78, 5) is 17.4. The van der Waals surface area contributed by atoms with Gasteiger partial charge in [0.1, 0.15) is 0 Å². The van der Waals surface area contributed by atoms with Crippen LogP contribution in [-0.2, 0) is 6.42 Å². The maximum absolute atomic E-state index is 12.2. The van der Waals surface area contributed by atoms with E-state index in [0.717, 1.165) is 22.4 Å². The second-order valence-electron chi connectivity index (χ2n) is 4.10. The zero-order valence-electron chi connectivity index (χ0n) is 10.5. The van der Waals surface area contributed by atoms with Gasteiger partial charge in [-0.25, -0.2) is 0 Å². The van der Waals surface area contributed by atoms with Crippen LogP contribution in [0.4, 0.5) is 0 Å². The van der Waals surface area contributed by atoms with Gasteiger partial charge in [-0.15, -0.1) is 11.3 Å². The van der Waals surface area contributed by atoms with Gasteiger partial charge in [-0.05, 0) is 36.4 Å². The molecule has 0 bridgehead atoms. The SMILES string of the molecule is CCc1cnccc1C(=O)N[C@H](C)c1cccs1. The molecule has 0 unspecified atom stereocenters. The molecule has 2 heterocycles. The second-order valence-corrected chi connectivity index (χ2v) is 5.08. The number of carbonyl (C=O) groups is 1. The summed E-state index contributed by atoms with van der Waals surface area (Å²) in [5.74, 6) is -0.0323. The van der Waals surface area contributed by atoms with Crippen molar-refractivity contribution in [2.45, 2.75) is 26.3 Å². The van der Waals surface area contributed by atoms with Crippen LogP contribution in [0.5, 0.6) is 0 Å². The first-order valence-electron chi connectivity index (χ1n) is 5.99. The molecule has 18 heavy (non-hydrogen) atoms. The van der Waals surface area contributed by atoms with Crippen molar-refractivity contribution in [3.63, 3.8) is 0 Å². The predicted molar refractivity (Wildman–Crippen MR) is 73.8 cm³/mol. The minimum absolute atomic E-state index is 0.0323. The van der Waals surface area contributed by atoms with Crippen LogP contribution in [0, 0.1) is 0 Å². The molecule has 1 N–H and O–H groups in total. The lowest BCUT2D eigenvalue weighted by Crippen LogP contribution is -2.27. The third kappa shape index (κ3) is 2.76. The molecule has 1 amide bonds. The number of thiophene rings is 1. The highest BCUT2D eigenvalue weighted by atomic mass is 32.1. The number of amides is 1. The van der Waals surface area contributed by atoms with Gasteiger partial charge < -0.3 is 5.32 Å². The van der Waals surface area contributed by atoms with Gasteiger partial charge in [-0.3, -0.25) is 9.78 Å². The first-order chi connectivity index (χ1) is 8.72. The molecule has 0 radical (unpaired) electrons. The van der Waals surface area contributed by atoms with Gasteiger partial charge in [0.2, 0.25) is 0 Å². The Morgan fingerprint density at radius 2 is 2.33 bits per heavy atom. The lowest BCUT2D eigenvalue weighted by Gasteiger charge is -2.13. The van der Waals surface area contributed by atoms with Crippen molar-refractivity contribution in [2.75, 3.05) is 0 Å². The molecule has 94 valence electrons. The number of hydrogen-bond donors (Lipinski definition) is 1. The average molecular weight is 260 g/mol. The van der Waals surface area contributed by atoms with E-state index >= 15 is 0 Å². The lowest BCUT2D eigenvalue weighted by atomic mass is 10.1. The van der Waals surface area contributed by atoms with E-state index in [1.54, 1.807) is 29.8 Å². The van der Waals surface area contributed by atoms with Crippen molar-refractivity contribution in [3.8, 4) is 0 Å². The van der Waals surface area contributed by atoms with E-state index in [1.807, 2.05) is 31.4 Å². The Morgan fingerprint density at radius 1 is 1.50 bits per heavy atom. The van der Waals surface area contributed by atoms with Crippen LogP contribution in [0.2, 0.25) is 0 Å².